The molecule has 1 rings (SSSR count). The van der Waals surface area contributed by atoms with Crippen molar-refractivity contribution in [2.45, 2.75) is 59.4 Å². The lowest BCUT2D eigenvalue weighted by atomic mass is 10.1. The average molecular weight is 483 g/mol. The first-order chi connectivity index (χ1) is 16.3. The van der Waals surface area contributed by atoms with E-state index in [-0.39, 0.29) is 5.96 Å². The summed E-state index contributed by atoms with van der Waals surface area (Å²) in [6.07, 6.45) is 12.9. The number of hydrogen-bond acceptors (Lipinski definition) is 5. The Hall–Kier alpha value is -2.98. The van der Waals surface area contributed by atoms with Crippen LogP contribution in [0.3, 0.4) is 0 Å². The molecule has 1 atom stereocenters. The van der Waals surface area contributed by atoms with Crippen LogP contribution in [0, 0.1) is 11.5 Å². The molecule has 0 aliphatic rings. The van der Waals surface area contributed by atoms with Gasteiger partial charge in [0.15, 0.2) is 0 Å². The second kappa shape index (κ2) is 17.5. The number of anilines is 1. The van der Waals surface area contributed by atoms with E-state index in [0.29, 0.717) is 5.75 Å². The fourth-order valence-corrected chi connectivity index (χ4v) is 4.00. The third-order valence-electron chi connectivity index (χ3n) is 4.95. The summed E-state index contributed by atoms with van der Waals surface area (Å²) in [6.45, 7) is 8.61. The van der Waals surface area contributed by atoms with Gasteiger partial charge in [0.2, 0.25) is 12.2 Å². The number of thioether (sulfide) groups is 1. The van der Waals surface area contributed by atoms with Gasteiger partial charge in [-0.2, -0.15) is 17.0 Å². The highest BCUT2D eigenvalue weighted by Crippen LogP contribution is 2.13. The van der Waals surface area contributed by atoms with Gasteiger partial charge in [-0.3, -0.25) is 0 Å². The van der Waals surface area contributed by atoms with Gasteiger partial charge in [-0.15, -0.1) is 4.99 Å². The molecule has 0 saturated carbocycles. The van der Waals surface area contributed by atoms with Crippen LogP contribution in [0.15, 0.2) is 70.3 Å². The van der Waals surface area contributed by atoms with Crippen molar-refractivity contribution in [1.82, 2.24) is 5.32 Å². The molecule has 0 saturated heterocycles. The van der Waals surface area contributed by atoms with Crippen molar-refractivity contribution < 1.29 is 9.53 Å². The van der Waals surface area contributed by atoms with Gasteiger partial charge in [-0.25, -0.2) is 4.79 Å². The Morgan fingerprint density at radius 1 is 1.09 bits per heavy atom. The number of carbonyl (C=O) groups is 1. The number of nitriles is 1. The van der Waals surface area contributed by atoms with E-state index in [9.17, 15) is 4.79 Å². The molecule has 0 heterocycles. The number of guanidine groups is 1. The highest BCUT2D eigenvalue weighted by Gasteiger charge is 2.20. The Labute approximate surface area is 209 Å². The molecule has 6 nitrogen and oxygen atoms in total. The summed E-state index contributed by atoms with van der Waals surface area (Å²) in [5.74, 6) is 1.09. The van der Waals surface area contributed by atoms with E-state index in [1.807, 2.05) is 30.3 Å². The van der Waals surface area contributed by atoms with Gasteiger partial charge in [-0.05, 0) is 65.5 Å². The van der Waals surface area contributed by atoms with Gasteiger partial charge >= 0.3 is 5.97 Å². The maximum Gasteiger partial charge on any atom is 0.329 e. The minimum atomic E-state index is -0.626. The standard InChI is InChI=1S/C27H38N4O2S/c1-21(2)11-9-12-22(3)13-10-14-23(4)17-18-34-19-25(26(32)33-5)31-27(29-20-28)30-24-15-7-6-8-16-24/h6-8,11,13,15-17,25H,9-10,12,14,18-19H2,1-5H3,(H2,29,30,31)/b22-13+,23-17+. The van der Waals surface area contributed by atoms with Crippen molar-refractivity contribution >= 4 is 29.4 Å². The van der Waals surface area contributed by atoms with Crippen LogP contribution in [-0.4, -0.2) is 36.6 Å². The monoisotopic (exact) mass is 482 g/mol. The molecule has 0 spiro atoms. The Balaban J connectivity index is 2.53. The quantitative estimate of drug-likeness (QED) is 0.0867. The predicted molar refractivity (Wildman–Crippen MR) is 145 cm³/mol. The second-order valence-electron chi connectivity index (χ2n) is 8.27. The summed E-state index contributed by atoms with van der Waals surface area (Å²) >= 11 is 1.63. The molecule has 0 bridgehead atoms. The molecule has 184 valence electrons. The van der Waals surface area contributed by atoms with Crippen LogP contribution < -0.4 is 10.6 Å². The molecule has 0 aliphatic heterocycles. The fourth-order valence-electron chi connectivity index (χ4n) is 3.01. The van der Waals surface area contributed by atoms with Crippen molar-refractivity contribution in [2.75, 3.05) is 23.9 Å². The number of nitrogens with one attached hydrogen (secondary N) is 2. The third kappa shape index (κ3) is 13.5. The van der Waals surface area contributed by atoms with Gasteiger partial charge in [-0.1, -0.05) is 53.1 Å². The highest BCUT2D eigenvalue weighted by atomic mass is 32.2. The van der Waals surface area contributed by atoms with E-state index in [4.69, 9.17) is 10.00 Å². The predicted octanol–water partition coefficient (Wildman–Crippen LogP) is 6.22. The van der Waals surface area contributed by atoms with Gasteiger partial charge in [0.05, 0.1) is 7.11 Å². The molecule has 1 aromatic rings. The average Bonchev–Trinajstić information content (AvgIpc) is 2.81. The number of ether oxygens (including phenoxy) is 1. The van der Waals surface area contributed by atoms with Gasteiger partial charge in [0, 0.05) is 17.2 Å². The number of benzene rings is 1. The molecule has 0 aliphatic carbocycles. The Morgan fingerprint density at radius 2 is 1.74 bits per heavy atom. The molecule has 0 fully saturated rings. The van der Waals surface area contributed by atoms with Crippen LogP contribution in [0.25, 0.3) is 0 Å². The zero-order chi connectivity index (χ0) is 25.2. The van der Waals surface area contributed by atoms with Crippen molar-refractivity contribution in [2.24, 2.45) is 4.99 Å². The molecule has 0 radical (unpaired) electrons. The third-order valence-corrected chi connectivity index (χ3v) is 5.92. The summed E-state index contributed by atoms with van der Waals surface area (Å²) in [5.41, 5.74) is 4.90. The minimum Gasteiger partial charge on any atom is -0.467 e. The van der Waals surface area contributed by atoms with Crippen LogP contribution in [0.2, 0.25) is 0 Å². The first-order valence-electron chi connectivity index (χ1n) is 11.5. The van der Waals surface area contributed by atoms with Crippen LogP contribution in [0.4, 0.5) is 5.69 Å². The summed E-state index contributed by atoms with van der Waals surface area (Å²) in [6, 6.07) is 8.71. The van der Waals surface area contributed by atoms with Crippen molar-refractivity contribution in [3.63, 3.8) is 0 Å². The molecule has 34 heavy (non-hydrogen) atoms. The molecule has 1 unspecified atom stereocenters. The lowest BCUT2D eigenvalue weighted by Crippen LogP contribution is -2.46. The number of allylic oxidation sites excluding steroid dienone is 5. The maximum atomic E-state index is 12.3. The van der Waals surface area contributed by atoms with Gasteiger partial charge in [0.25, 0.3) is 0 Å². The number of nitrogens with zero attached hydrogens (tertiary/aromatic N) is 2. The minimum absolute atomic E-state index is 0.211. The Morgan fingerprint density at radius 3 is 2.35 bits per heavy atom. The fraction of sp³-hybridized carbons (Fsp3) is 0.444. The number of carbonyl (C=O) groups excluding carboxylic acids is 1. The first-order valence-corrected chi connectivity index (χ1v) is 12.7. The van der Waals surface area contributed by atoms with E-state index in [0.717, 1.165) is 37.1 Å². The Kier molecular flexibility index (Phi) is 14.9. The lowest BCUT2D eigenvalue weighted by molar-refractivity contribution is -0.142. The Bertz CT molecular complexity index is 910. The van der Waals surface area contributed by atoms with E-state index in [1.54, 1.807) is 18.0 Å². The number of para-hydroxylation sites is 1. The van der Waals surface area contributed by atoms with Crippen LogP contribution in [-0.2, 0) is 9.53 Å². The van der Waals surface area contributed by atoms with E-state index < -0.39 is 12.0 Å². The summed E-state index contributed by atoms with van der Waals surface area (Å²) in [4.78, 5) is 16.0. The zero-order valence-electron chi connectivity index (χ0n) is 21.1. The molecule has 1 aromatic carbocycles. The van der Waals surface area contributed by atoms with E-state index in [1.165, 1.54) is 23.8 Å². The van der Waals surface area contributed by atoms with Crippen molar-refractivity contribution in [1.29, 1.82) is 5.26 Å². The van der Waals surface area contributed by atoms with Gasteiger partial charge in [0.1, 0.15) is 6.04 Å². The number of rotatable bonds is 13. The SMILES string of the molecule is COC(=O)C(CSC/C=C(\C)CC/C=C(\C)CCC=C(C)C)N/C(=N/C#N)Nc1ccccc1. The second-order valence-corrected chi connectivity index (χ2v) is 9.34. The first kappa shape index (κ1) is 29.1. The number of hydrogen-bond donors (Lipinski definition) is 2. The van der Waals surface area contributed by atoms with Gasteiger partial charge < -0.3 is 15.4 Å². The van der Waals surface area contributed by atoms with Crippen LogP contribution in [0.5, 0.6) is 0 Å². The molecule has 7 heteroatoms. The van der Waals surface area contributed by atoms with Crippen molar-refractivity contribution in [3.05, 3.63) is 65.3 Å². The van der Waals surface area contributed by atoms with Crippen LogP contribution in [0.1, 0.15) is 53.4 Å². The van der Waals surface area contributed by atoms with E-state index in [2.05, 4.69) is 61.5 Å². The summed E-state index contributed by atoms with van der Waals surface area (Å²) in [7, 11) is 1.35. The normalized spacial score (nSPS) is 13.0. The molecule has 0 aromatic heterocycles. The molecular weight excluding hydrogens is 444 g/mol. The number of methoxy groups -OCH3 is 1. The topological polar surface area (TPSA) is 86.5 Å². The van der Waals surface area contributed by atoms with E-state index >= 15 is 0 Å². The summed E-state index contributed by atoms with van der Waals surface area (Å²) in [5, 5.41) is 15.0. The molecule has 2 N–H and O–H groups in total. The zero-order valence-corrected chi connectivity index (χ0v) is 21.9. The number of esters is 1. The maximum absolute atomic E-state index is 12.3. The number of aliphatic imine (C=N–C) groups is 1. The molecule has 0 amide bonds. The summed E-state index contributed by atoms with van der Waals surface area (Å²) < 4.78 is 4.93. The smallest absolute Gasteiger partial charge is 0.329 e. The highest BCUT2D eigenvalue weighted by molar-refractivity contribution is 7.99. The largest absolute Gasteiger partial charge is 0.467 e. The lowest BCUT2D eigenvalue weighted by Gasteiger charge is -2.18. The molecular formula is C27H38N4O2S. The van der Waals surface area contributed by atoms with Crippen molar-refractivity contribution in [3.8, 4) is 6.19 Å². The van der Waals surface area contributed by atoms with Crippen LogP contribution >= 0.6 is 11.8 Å².